The van der Waals surface area contributed by atoms with E-state index in [1.807, 2.05) is 48.7 Å². The Morgan fingerprint density at radius 1 is 1.22 bits per heavy atom. The van der Waals surface area contributed by atoms with Crippen molar-refractivity contribution in [1.82, 2.24) is 10.2 Å². The van der Waals surface area contributed by atoms with E-state index in [-0.39, 0.29) is 5.91 Å². The van der Waals surface area contributed by atoms with Gasteiger partial charge in [0.1, 0.15) is 5.75 Å². The third-order valence-corrected chi connectivity index (χ3v) is 5.05. The van der Waals surface area contributed by atoms with Gasteiger partial charge in [-0.1, -0.05) is 59.5 Å². The molecule has 1 aromatic heterocycles. The molecule has 0 fully saturated rings. The Morgan fingerprint density at radius 3 is 2.78 bits per heavy atom. The number of nitrogens with one attached hydrogen (secondary N) is 1. The fraction of sp³-hybridized carbons (Fsp3) is 0.188. The molecular weight excluding hydrogens is 330 g/mol. The molecule has 0 radical (unpaired) electrons. The predicted molar refractivity (Wildman–Crippen MR) is 94.4 cm³/mol. The Labute approximate surface area is 142 Å². The number of anilines is 1. The van der Waals surface area contributed by atoms with E-state index >= 15 is 0 Å². The van der Waals surface area contributed by atoms with Gasteiger partial charge in [0.2, 0.25) is 5.13 Å². The monoisotopic (exact) mass is 345 g/mol. The molecule has 1 N–H and O–H groups in total. The Hall–Kier alpha value is -2.12. The second-order valence-electron chi connectivity index (χ2n) is 4.80. The van der Waals surface area contributed by atoms with Crippen LogP contribution in [-0.2, 0) is 4.79 Å². The molecule has 2 aromatic carbocycles. The van der Waals surface area contributed by atoms with Crippen LogP contribution < -0.4 is 10.1 Å². The van der Waals surface area contributed by atoms with Gasteiger partial charge in [-0.3, -0.25) is 10.1 Å². The van der Waals surface area contributed by atoms with Crippen LogP contribution in [0.4, 0.5) is 5.13 Å². The first-order valence-corrected chi connectivity index (χ1v) is 9.04. The van der Waals surface area contributed by atoms with E-state index in [0.29, 0.717) is 10.9 Å². The molecule has 3 rings (SSSR count). The maximum absolute atomic E-state index is 12.2. The molecular formula is C16H15N3O2S2. The van der Waals surface area contributed by atoms with Gasteiger partial charge in [-0.05, 0) is 24.6 Å². The summed E-state index contributed by atoms with van der Waals surface area (Å²) in [4.78, 5) is 12.2. The number of thioether (sulfide) groups is 1. The Balaban J connectivity index is 1.72. The van der Waals surface area contributed by atoms with Crippen LogP contribution >= 0.6 is 23.1 Å². The van der Waals surface area contributed by atoms with E-state index in [2.05, 4.69) is 15.5 Å². The topological polar surface area (TPSA) is 64.1 Å². The lowest BCUT2D eigenvalue weighted by Crippen LogP contribution is -2.30. The van der Waals surface area contributed by atoms with Gasteiger partial charge < -0.3 is 4.74 Å². The quantitative estimate of drug-likeness (QED) is 0.562. The summed E-state index contributed by atoms with van der Waals surface area (Å²) in [5, 5.41) is 13.1. The van der Waals surface area contributed by atoms with Gasteiger partial charge in [0.15, 0.2) is 10.4 Å². The number of aromatic nitrogens is 2. The van der Waals surface area contributed by atoms with Crippen molar-refractivity contribution in [2.75, 3.05) is 11.6 Å². The minimum absolute atomic E-state index is 0.248. The van der Waals surface area contributed by atoms with Gasteiger partial charge >= 0.3 is 0 Å². The summed E-state index contributed by atoms with van der Waals surface area (Å²) in [5.41, 5.74) is 0. The largest absolute Gasteiger partial charge is 0.480 e. The second-order valence-corrected chi connectivity index (χ2v) is 6.83. The van der Waals surface area contributed by atoms with E-state index in [1.165, 1.54) is 23.1 Å². The minimum atomic E-state index is -0.637. The zero-order valence-electron chi connectivity index (χ0n) is 12.6. The predicted octanol–water partition coefficient (Wildman–Crippen LogP) is 3.82. The van der Waals surface area contributed by atoms with Gasteiger partial charge in [-0.25, -0.2) is 0 Å². The smallest absolute Gasteiger partial charge is 0.266 e. The summed E-state index contributed by atoms with van der Waals surface area (Å²) in [5.74, 6) is 0.439. The third-order valence-electron chi connectivity index (χ3n) is 3.23. The van der Waals surface area contributed by atoms with Crippen LogP contribution in [0.1, 0.15) is 6.92 Å². The van der Waals surface area contributed by atoms with Gasteiger partial charge in [0.25, 0.3) is 5.91 Å². The normalized spacial score (nSPS) is 12.1. The number of carbonyl (C=O) groups is 1. The van der Waals surface area contributed by atoms with Crippen molar-refractivity contribution in [1.29, 1.82) is 0 Å². The fourth-order valence-corrected chi connectivity index (χ4v) is 3.27. The molecule has 5 nitrogen and oxygen atoms in total. The number of nitrogens with zero attached hydrogens (tertiary/aromatic N) is 2. The Morgan fingerprint density at radius 2 is 2.00 bits per heavy atom. The summed E-state index contributed by atoms with van der Waals surface area (Å²) in [6.45, 7) is 1.72. The van der Waals surface area contributed by atoms with E-state index < -0.39 is 6.10 Å². The Bertz CT molecular complexity index is 830. The van der Waals surface area contributed by atoms with Crippen molar-refractivity contribution in [3.05, 3.63) is 42.5 Å². The highest BCUT2D eigenvalue weighted by molar-refractivity contribution is 8.00. The van der Waals surface area contributed by atoms with Gasteiger partial charge in [0, 0.05) is 5.39 Å². The third kappa shape index (κ3) is 3.62. The number of ether oxygens (including phenoxy) is 1. The first-order chi connectivity index (χ1) is 11.2. The number of rotatable bonds is 5. The molecule has 1 amide bonds. The van der Waals surface area contributed by atoms with Gasteiger partial charge in [0.05, 0.1) is 0 Å². The summed E-state index contributed by atoms with van der Waals surface area (Å²) in [6.07, 6.45) is 1.28. The average Bonchev–Trinajstić information content (AvgIpc) is 3.02. The highest BCUT2D eigenvalue weighted by Gasteiger charge is 2.17. The summed E-state index contributed by atoms with van der Waals surface area (Å²) >= 11 is 2.83. The molecule has 0 aliphatic heterocycles. The molecule has 0 aliphatic rings. The van der Waals surface area contributed by atoms with Crippen LogP contribution in [0.5, 0.6) is 5.75 Å². The van der Waals surface area contributed by atoms with Gasteiger partial charge in [-0.2, -0.15) is 0 Å². The number of hydrogen-bond acceptors (Lipinski definition) is 6. The van der Waals surface area contributed by atoms with Crippen molar-refractivity contribution in [2.45, 2.75) is 17.4 Å². The molecule has 0 bridgehead atoms. The summed E-state index contributed by atoms with van der Waals surface area (Å²) in [6, 6.07) is 13.7. The van der Waals surface area contributed by atoms with E-state index in [9.17, 15) is 4.79 Å². The van der Waals surface area contributed by atoms with Crippen LogP contribution in [-0.4, -0.2) is 28.5 Å². The number of hydrogen-bond donors (Lipinski definition) is 1. The highest BCUT2D eigenvalue weighted by Crippen LogP contribution is 2.27. The number of carbonyl (C=O) groups excluding carboxylic acids is 1. The van der Waals surface area contributed by atoms with Crippen molar-refractivity contribution in [2.24, 2.45) is 0 Å². The van der Waals surface area contributed by atoms with Crippen molar-refractivity contribution in [3.8, 4) is 5.75 Å². The lowest BCUT2D eigenvalue weighted by Gasteiger charge is -2.15. The van der Waals surface area contributed by atoms with Gasteiger partial charge in [-0.15, -0.1) is 10.2 Å². The van der Waals surface area contributed by atoms with Crippen molar-refractivity contribution in [3.63, 3.8) is 0 Å². The second kappa shape index (κ2) is 6.97. The Kier molecular flexibility index (Phi) is 4.78. The maximum atomic E-state index is 12.2. The van der Waals surface area contributed by atoms with E-state index in [4.69, 9.17) is 4.74 Å². The van der Waals surface area contributed by atoms with Crippen molar-refractivity contribution >= 4 is 44.9 Å². The van der Waals surface area contributed by atoms with Crippen LogP contribution in [0, 0.1) is 0 Å². The molecule has 7 heteroatoms. The molecule has 0 spiro atoms. The number of amides is 1. The van der Waals surface area contributed by atoms with E-state index in [1.54, 1.807) is 6.92 Å². The lowest BCUT2D eigenvalue weighted by atomic mass is 10.1. The highest BCUT2D eigenvalue weighted by atomic mass is 32.2. The first kappa shape index (κ1) is 15.8. The molecule has 23 heavy (non-hydrogen) atoms. The molecule has 0 unspecified atom stereocenters. The lowest BCUT2D eigenvalue weighted by molar-refractivity contribution is -0.122. The summed E-state index contributed by atoms with van der Waals surface area (Å²) in [7, 11) is 0. The van der Waals surface area contributed by atoms with E-state index in [0.717, 1.165) is 15.1 Å². The first-order valence-electron chi connectivity index (χ1n) is 7.00. The standard InChI is InChI=1S/C16H15N3O2S2/c1-10(14(20)17-15-18-19-16(22-2)23-15)21-13-9-5-7-11-6-3-4-8-12(11)13/h3-10H,1-2H3,(H,17,18,20)/t10-/m0/s1. The zero-order chi connectivity index (χ0) is 16.2. The maximum Gasteiger partial charge on any atom is 0.266 e. The molecule has 118 valence electrons. The fourth-order valence-electron chi connectivity index (χ4n) is 2.09. The molecule has 0 saturated heterocycles. The van der Waals surface area contributed by atoms with Crippen LogP contribution in [0.2, 0.25) is 0 Å². The van der Waals surface area contributed by atoms with Crippen molar-refractivity contribution < 1.29 is 9.53 Å². The van der Waals surface area contributed by atoms with Crippen LogP contribution in [0.15, 0.2) is 46.8 Å². The number of fused-ring (bicyclic) bond motifs is 1. The van der Waals surface area contributed by atoms with Crippen LogP contribution in [0.25, 0.3) is 10.8 Å². The minimum Gasteiger partial charge on any atom is -0.480 e. The molecule has 3 aromatic rings. The van der Waals surface area contributed by atoms with Crippen LogP contribution in [0.3, 0.4) is 0 Å². The zero-order valence-corrected chi connectivity index (χ0v) is 14.3. The molecule has 0 aliphatic carbocycles. The SMILES string of the molecule is CSc1nnc(NC(=O)[C@H](C)Oc2cccc3ccccc23)s1. The number of benzene rings is 2. The molecule has 1 atom stereocenters. The summed E-state index contributed by atoms with van der Waals surface area (Å²) < 4.78 is 6.64. The molecule has 0 saturated carbocycles. The molecule has 1 heterocycles. The average molecular weight is 345 g/mol.